The third-order valence-electron chi connectivity index (χ3n) is 5.31. The zero-order valence-electron chi connectivity index (χ0n) is 15.6. The molecule has 5 rings (SSSR count). The highest BCUT2D eigenvalue weighted by atomic mass is 35.5. The Balaban J connectivity index is 1.66. The second kappa shape index (κ2) is 7.27. The van der Waals surface area contributed by atoms with Gasteiger partial charge in [-0.2, -0.15) is 5.10 Å². The lowest BCUT2D eigenvalue weighted by Gasteiger charge is -2.29. The standard InChI is InChI=1S/C21H15Cl2N5O2/c22-14-5-4-11(8-15(14)23)12-2-1-3-17-18(12)20(25-10-24-17)28-7-6-16-13(9-28)19(21(29)30)27-26-16/h1-5,8,10H,6-7,9H2,(H,26,27)(H,29,30). The molecule has 0 spiro atoms. The van der Waals surface area contributed by atoms with Gasteiger partial charge in [-0.3, -0.25) is 5.10 Å². The number of benzene rings is 2. The molecule has 0 unspecified atom stereocenters. The molecule has 0 saturated carbocycles. The summed E-state index contributed by atoms with van der Waals surface area (Å²) in [5, 5.41) is 18.1. The number of fused-ring (bicyclic) bond motifs is 2. The molecule has 1 aliphatic rings. The van der Waals surface area contributed by atoms with Crippen LogP contribution in [0.1, 0.15) is 21.7 Å². The average molecular weight is 440 g/mol. The van der Waals surface area contributed by atoms with Gasteiger partial charge in [0.15, 0.2) is 5.69 Å². The number of aromatic nitrogens is 4. The first-order chi connectivity index (χ1) is 14.5. The Morgan fingerprint density at radius 1 is 1.13 bits per heavy atom. The maximum Gasteiger partial charge on any atom is 0.356 e. The molecule has 1 aliphatic heterocycles. The summed E-state index contributed by atoms with van der Waals surface area (Å²) in [5.41, 5.74) is 4.22. The number of aromatic amines is 1. The number of carboxylic acids is 1. The predicted molar refractivity (Wildman–Crippen MR) is 115 cm³/mol. The van der Waals surface area contributed by atoms with Crippen molar-refractivity contribution >= 4 is 45.9 Å². The van der Waals surface area contributed by atoms with Gasteiger partial charge in [0.2, 0.25) is 0 Å². The third kappa shape index (κ3) is 3.07. The van der Waals surface area contributed by atoms with Crippen LogP contribution >= 0.6 is 23.2 Å². The highest BCUT2D eigenvalue weighted by Gasteiger charge is 2.27. The van der Waals surface area contributed by atoms with Gasteiger partial charge >= 0.3 is 5.97 Å². The molecule has 0 saturated heterocycles. The fraction of sp³-hybridized carbons (Fsp3) is 0.143. The van der Waals surface area contributed by atoms with E-state index in [1.165, 1.54) is 6.33 Å². The molecule has 7 nitrogen and oxygen atoms in total. The number of nitrogens with one attached hydrogen (secondary N) is 1. The molecule has 30 heavy (non-hydrogen) atoms. The lowest BCUT2D eigenvalue weighted by molar-refractivity contribution is 0.0689. The van der Waals surface area contributed by atoms with Crippen LogP contribution < -0.4 is 4.90 Å². The fourth-order valence-corrected chi connectivity index (χ4v) is 4.19. The van der Waals surface area contributed by atoms with Crippen molar-refractivity contribution < 1.29 is 9.90 Å². The van der Waals surface area contributed by atoms with E-state index < -0.39 is 5.97 Å². The molecule has 0 aliphatic carbocycles. The Bertz CT molecular complexity index is 1300. The summed E-state index contributed by atoms with van der Waals surface area (Å²) in [5.74, 6) is -0.303. The molecular formula is C21H15Cl2N5O2. The minimum absolute atomic E-state index is 0.0535. The van der Waals surface area contributed by atoms with Crippen LogP contribution in [-0.2, 0) is 13.0 Å². The third-order valence-corrected chi connectivity index (χ3v) is 6.05. The van der Waals surface area contributed by atoms with Gasteiger partial charge in [-0.25, -0.2) is 14.8 Å². The minimum Gasteiger partial charge on any atom is -0.476 e. The molecule has 9 heteroatoms. The molecule has 0 atom stereocenters. The van der Waals surface area contributed by atoms with Crippen LogP contribution in [0.3, 0.4) is 0 Å². The van der Waals surface area contributed by atoms with Crippen LogP contribution in [-0.4, -0.2) is 37.8 Å². The van der Waals surface area contributed by atoms with Crippen LogP contribution in [0.5, 0.6) is 0 Å². The van der Waals surface area contributed by atoms with Crippen molar-refractivity contribution in [3.63, 3.8) is 0 Å². The molecule has 3 heterocycles. The summed E-state index contributed by atoms with van der Waals surface area (Å²) in [6.45, 7) is 1.07. The summed E-state index contributed by atoms with van der Waals surface area (Å²) >= 11 is 12.3. The van der Waals surface area contributed by atoms with E-state index in [4.69, 9.17) is 23.2 Å². The second-order valence-corrected chi connectivity index (χ2v) is 7.85. The highest BCUT2D eigenvalue weighted by molar-refractivity contribution is 6.42. The van der Waals surface area contributed by atoms with Gasteiger partial charge in [-0.15, -0.1) is 0 Å². The fourth-order valence-electron chi connectivity index (χ4n) is 3.89. The topological polar surface area (TPSA) is 95.0 Å². The quantitative estimate of drug-likeness (QED) is 0.484. The highest BCUT2D eigenvalue weighted by Crippen LogP contribution is 2.37. The van der Waals surface area contributed by atoms with Gasteiger partial charge in [-0.05, 0) is 29.3 Å². The number of carboxylic acid groups (broad SMARTS) is 1. The molecule has 0 bridgehead atoms. The van der Waals surface area contributed by atoms with Crippen molar-refractivity contribution in [3.05, 3.63) is 69.7 Å². The Hall–Kier alpha value is -3.16. The van der Waals surface area contributed by atoms with E-state index in [1.54, 1.807) is 6.07 Å². The Morgan fingerprint density at radius 2 is 2.00 bits per heavy atom. The molecule has 2 aromatic carbocycles. The van der Waals surface area contributed by atoms with Crippen LogP contribution in [0.2, 0.25) is 10.0 Å². The maximum absolute atomic E-state index is 11.5. The van der Waals surface area contributed by atoms with E-state index in [1.807, 2.05) is 30.3 Å². The van der Waals surface area contributed by atoms with E-state index >= 15 is 0 Å². The van der Waals surface area contributed by atoms with Gasteiger partial charge in [0.25, 0.3) is 0 Å². The smallest absolute Gasteiger partial charge is 0.356 e. The predicted octanol–water partition coefficient (Wildman–Crippen LogP) is 4.59. The first kappa shape index (κ1) is 18.8. The van der Waals surface area contributed by atoms with Gasteiger partial charge in [0.05, 0.1) is 20.9 Å². The van der Waals surface area contributed by atoms with E-state index in [2.05, 4.69) is 25.1 Å². The van der Waals surface area contributed by atoms with Crippen molar-refractivity contribution in [2.24, 2.45) is 0 Å². The summed E-state index contributed by atoms with van der Waals surface area (Å²) < 4.78 is 0. The number of rotatable bonds is 3. The summed E-state index contributed by atoms with van der Waals surface area (Å²) in [6.07, 6.45) is 2.18. The molecule has 2 N–H and O–H groups in total. The average Bonchev–Trinajstić information content (AvgIpc) is 3.18. The zero-order valence-corrected chi connectivity index (χ0v) is 17.1. The molecule has 2 aromatic heterocycles. The van der Waals surface area contributed by atoms with Crippen molar-refractivity contribution in [1.29, 1.82) is 0 Å². The monoisotopic (exact) mass is 439 g/mol. The van der Waals surface area contributed by atoms with Crippen molar-refractivity contribution in [2.75, 3.05) is 11.4 Å². The van der Waals surface area contributed by atoms with Crippen LogP contribution in [0.25, 0.3) is 22.0 Å². The number of nitrogens with zero attached hydrogens (tertiary/aromatic N) is 4. The molecule has 0 fully saturated rings. The number of aromatic carboxylic acids is 1. The number of carbonyl (C=O) groups is 1. The lowest BCUT2D eigenvalue weighted by Crippen LogP contribution is -2.31. The maximum atomic E-state index is 11.5. The number of hydrogen-bond donors (Lipinski definition) is 2. The van der Waals surface area contributed by atoms with E-state index in [0.29, 0.717) is 35.1 Å². The minimum atomic E-state index is -1.04. The Morgan fingerprint density at radius 3 is 2.80 bits per heavy atom. The largest absolute Gasteiger partial charge is 0.476 e. The number of hydrogen-bond acceptors (Lipinski definition) is 5. The van der Waals surface area contributed by atoms with Crippen LogP contribution in [0.4, 0.5) is 5.82 Å². The summed E-state index contributed by atoms with van der Waals surface area (Å²) in [4.78, 5) is 22.6. The van der Waals surface area contributed by atoms with Gasteiger partial charge < -0.3 is 10.0 Å². The van der Waals surface area contributed by atoms with Gasteiger partial charge in [-0.1, -0.05) is 41.4 Å². The normalized spacial score (nSPS) is 13.5. The number of halogens is 2. The molecule has 150 valence electrons. The molecule has 0 amide bonds. The van der Waals surface area contributed by atoms with Gasteiger partial charge in [0.1, 0.15) is 12.1 Å². The number of anilines is 1. The second-order valence-electron chi connectivity index (χ2n) is 7.03. The first-order valence-corrected chi connectivity index (χ1v) is 10.0. The SMILES string of the molecule is O=C(O)c1n[nH]c2c1CN(c1ncnc3cccc(-c4ccc(Cl)c(Cl)c4)c13)CC2. The first-order valence-electron chi connectivity index (χ1n) is 9.26. The van der Waals surface area contributed by atoms with E-state index in [-0.39, 0.29) is 5.69 Å². The van der Waals surface area contributed by atoms with Crippen LogP contribution in [0, 0.1) is 0 Å². The van der Waals surface area contributed by atoms with Crippen molar-refractivity contribution in [3.8, 4) is 11.1 Å². The van der Waals surface area contributed by atoms with E-state index in [0.717, 1.165) is 33.5 Å². The zero-order chi connectivity index (χ0) is 20.8. The van der Waals surface area contributed by atoms with Gasteiger partial charge in [0, 0.05) is 30.8 Å². The van der Waals surface area contributed by atoms with Crippen LogP contribution in [0.15, 0.2) is 42.7 Å². The Labute approximate surface area is 181 Å². The lowest BCUT2D eigenvalue weighted by atomic mass is 9.99. The van der Waals surface area contributed by atoms with Crippen molar-refractivity contribution in [1.82, 2.24) is 20.2 Å². The molecular weight excluding hydrogens is 425 g/mol. The molecule has 0 radical (unpaired) electrons. The van der Waals surface area contributed by atoms with Crippen molar-refractivity contribution in [2.45, 2.75) is 13.0 Å². The summed E-state index contributed by atoms with van der Waals surface area (Å²) in [7, 11) is 0. The Kier molecular flexibility index (Phi) is 4.56. The van der Waals surface area contributed by atoms with E-state index in [9.17, 15) is 9.90 Å². The summed E-state index contributed by atoms with van der Waals surface area (Å²) in [6, 6.07) is 11.3. The molecule has 4 aromatic rings. The number of H-pyrrole nitrogens is 1.